The minimum absolute atomic E-state index is 0.0239. The summed E-state index contributed by atoms with van der Waals surface area (Å²) >= 11 is 1.53. The highest BCUT2D eigenvalue weighted by Gasteiger charge is 2.48. The number of hydrogen-bond donors (Lipinski definition) is 1. The Morgan fingerprint density at radius 1 is 1.41 bits per heavy atom. The molecule has 7 nitrogen and oxygen atoms in total. The second kappa shape index (κ2) is 8.32. The molecule has 1 unspecified atom stereocenters. The third-order valence-corrected chi connectivity index (χ3v) is 5.71. The summed E-state index contributed by atoms with van der Waals surface area (Å²) in [6.07, 6.45) is 5.38. The number of aliphatic imine (C=N–C) groups is 1. The van der Waals surface area contributed by atoms with Gasteiger partial charge < -0.3 is 15.1 Å². The maximum Gasteiger partial charge on any atom is 0.250 e. The highest BCUT2D eigenvalue weighted by molar-refractivity contribution is 7.09. The van der Waals surface area contributed by atoms with Crippen molar-refractivity contribution in [2.45, 2.75) is 52.2 Å². The number of rotatable bonds is 6. The van der Waals surface area contributed by atoms with Gasteiger partial charge in [-0.15, -0.1) is 11.3 Å². The average Bonchev–Trinajstić information content (AvgIpc) is 3.12. The van der Waals surface area contributed by atoms with Gasteiger partial charge in [0.25, 0.3) is 5.91 Å². The Balaban J connectivity index is 1.93. The molecule has 29 heavy (non-hydrogen) atoms. The molecular formula is C21H26N4O3S. The molecule has 3 rings (SSSR count). The molecule has 8 heteroatoms. The zero-order valence-electron chi connectivity index (χ0n) is 17.1. The summed E-state index contributed by atoms with van der Waals surface area (Å²) in [7, 11) is 0. The molecule has 0 saturated carbocycles. The third kappa shape index (κ3) is 4.48. The van der Waals surface area contributed by atoms with Gasteiger partial charge in [0.05, 0.1) is 19.5 Å². The van der Waals surface area contributed by atoms with Crippen LogP contribution < -0.4 is 5.32 Å². The zero-order chi connectivity index (χ0) is 21.2. The van der Waals surface area contributed by atoms with Crippen molar-refractivity contribution in [2.24, 2.45) is 4.99 Å². The monoisotopic (exact) mass is 414 g/mol. The van der Waals surface area contributed by atoms with Crippen LogP contribution in [-0.4, -0.2) is 51.5 Å². The van der Waals surface area contributed by atoms with Crippen molar-refractivity contribution in [1.29, 1.82) is 0 Å². The highest BCUT2D eigenvalue weighted by atomic mass is 32.1. The Labute approximate surface area is 174 Å². The van der Waals surface area contributed by atoms with Gasteiger partial charge in [0, 0.05) is 16.6 Å². The van der Waals surface area contributed by atoms with Gasteiger partial charge in [0.2, 0.25) is 11.8 Å². The SMILES string of the molecule is CC1=CC=CC2=NC(=O)CC(C)(C(=O)N(CC(=O)NC(C)C)Cc3cccs3)N12. The van der Waals surface area contributed by atoms with Gasteiger partial charge in [0.1, 0.15) is 11.4 Å². The number of thiophene rings is 1. The molecule has 0 aliphatic carbocycles. The van der Waals surface area contributed by atoms with Crippen LogP contribution in [0.3, 0.4) is 0 Å². The number of carbonyl (C=O) groups excluding carboxylic acids is 3. The van der Waals surface area contributed by atoms with Gasteiger partial charge in [-0.3, -0.25) is 14.4 Å². The second-order valence-electron chi connectivity index (χ2n) is 7.78. The lowest BCUT2D eigenvalue weighted by Crippen LogP contribution is -2.62. The van der Waals surface area contributed by atoms with Crippen molar-refractivity contribution >= 4 is 34.9 Å². The van der Waals surface area contributed by atoms with E-state index >= 15 is 0 Å². The lowest BCUT2D eigenvalue weighted by atomic mass is 9.89. The molecule has 0 spiro atoms. The standard InChI is InChI=1S/C21H26N4O3S/c1-14(2)22-19(27)13-24(12-16-8-6-10-29-16)20(28)21(4)11-18(26)23-17-9-5-7-15(3)25(17)21/h5-10,14H,11-13H2,1-4H3,(H,22,27). The molecule has 2 aliphatic heterocycles. The van der Waals surface area contributed by atoms with Crippen molar-refractivity contribution in [3.05, 3.63) is 46.3 Å². The van der Waals surface area contributed by atoms with E-state index in [1.807, 2.05) is 50.4 Å². The predicted molar refractivity (Wildman–Crippen MR) is 113 cm³/mol. The van der Waals surface area contributed by atoms with E-state index in [9.17, 15) is 14.4 Å². The summed E-state index contributed by atoms with van der Waals surface area (Å²) in [6, 6.07) is 3.82. The molecule has 0 bridgehead atoms. The van der Waals surface area contributed by atoms with E-state index in [-0.39, 0.29) is 36.7 Å². The first-order valence-corrected chi connectivity index (χ1v) is 10.5. The van der Waals surface area contributed by atoms with Crippen molar-refractivity contribution in [3.63, 3.8) is 0 Å². The Kier molecular flexibility index (Phi) is 6.02. The molecule has 2 aliphatic rings. The number of fused-ring (bicyclic) bond motifs is 1. The minimum Gasteiger partial charge on any atom is -0.352 e. The van der Waals surface area contributed by atoms with Gasteiger partial charge in [-0.2, -0.15) is 4.99 Å². The van der Waals surface area contributed by atoms with Crippen LogP contribution in [-0.2, 0) is 20.9 Å². The van der Waals surface area contributed by atoms with Crippen molar-refractivity contribution in [3.8, 4) is 0 Å². The Morgan fingerprint density at radius 2 is 2.17 bits per heavy atom. The van der Waals surface area contributed by atoms with Crippen LogP contribution in [0, 0.1) is 0 Å². The number of hydrogen-bond acceptors (Lipinski definition) is 5. The average molecular weight is 415 g/mol. The van der Waals surface area contributed by atoms with Crippen LogP contribution in [0.5, 0.6) is 0 Å². The topological polar surface area (TPSA) is 82.1 Å². The van der Waals surface area contributed by atoms with E-state index in [2.05, 4.69) is 10.3 Å². The zero-order valence-corrected chi connectivity index (χ0v) is 18.0. The molecule has 154 valence electrons. The summed E-state index contributed by atoms with van der Waals surface area (Å²) in [6.45, 7) is 7.63. The smallest absolute Gasteiger partial charge is 0.250 e. The number of allylic oxidation sites excluding steroid dienone is 3. The molecule has 0 aromatic carbocycles. The number of nitrogens with one attached hydrogen (secondary N) is 1. The Hall–Kier alpha value is -2.74. The fraction of sp³-hybridized carbons (Fsp3) is 0.429. The molecule has 0 radical (unpaired) electrons. The number of amidine groups is 1. The summed E-state index contributed by atoms with van der Waals surface area (Å²) < 4.78 is 0. The number of amides is 3. The normalized spacial score (nSPS) is 20.9. The first kappa shape index (κ1) is 21.0. The molecule has 1 aromatic heterocycles. The number of carbonyl (C=O) groups is 3. The van der Waals surface area contributed by atoms with E-state index in [1.165, 1.54) is 16.2 Å². The van der Waals surface area contributed by atoms with Gasteiger partial charge in [0.15, 0.2) is 0 Å². The van der Waals surface area contributed by atoms with E-state index < -0.39 is 5.54 Å². The summed E-state index contributed by atoms with van der Waals surface area (Å²) in [4.78, 5) is 47.0. The molecule has 0 saturated heterocycles. The van der Waals surface area contributed by atoms with Crippen LogP contribution in [0.1, 0.15) is 39.0 Å². The van der Waals surface area contributed by atoms with Gasteiger partial charge in [-0.25, -0.2) is 0 Å². The van der Waals surface area contributed by atoms with Crippen molar-refractivity contribution in [1.82, 2.24) is 15.1 Å². The van der Waals surface area contributed by atoms with E-state index in [1.54, 1.807) is 17.9 Å². The molecule has 0 fully saturated rings. The second-order valence-corrected chi connectivity index (χ2v) is 8.81. The van der Waals surface area contributed by atoms with Crippen LogP contribution in [0.4, 0.5) is 0 Å². The molecule has 1 atom stereocenters. The van der Waals surface area contributed by atoms with Crippen LogP contribution >= 0.6 is 11.3 Å². The van der Waals surface area contributed by atoms with E-state index in [0.29, 0.717) is 12.4 Å². The van der Waals surface area contributed by atoms with Crippen LogP contribution in [0.2, 0.25) is 0 Å². The first-order chi connectivity index (χ1) is 13.7. The lowest BCUT2D eigenvalue weighted by molar-refractivity contribution is -0.147. The van der Waals surface area contributed by atoms with Crippen molar-refractivity contribution in [2.75, 3.05) is 6.54 Å². The predicted octanol–water partition coefficient (Wildman–Crippen LogP) is 2.46. The fourth-order valence-corrected chi connectivity index (χ4v) is 4.44. The third-order valence-electron chi connectivity index (χ3n) is 4.85. The molecule has 3 amide bonds. The molecule has 1 N–H and O–H groups in total. The van der Waals surface area contributed by atoms with Crippen LogP contribution in [0.25, 0.3) is 0 Å². The van der Waals surface area contributed by atoms with Gasteiger partial charge in [-0.05, 0) is 51.3 Å². The van der Waals surface area contributed by atoms with E-state index in [0.717, 1.165) is 10.6 Å². The molecule has 1 aromatic rings. The molecule has 3 heterocycles. The largest absolute Gasteiger partial charge is 0.352 e. The maximum absolute atomic E-state index is 13.8. The van der Waals surface area contributed by atoms with Gasteiger partial charge in [-0.1, -0.05) is 12.1 Å². The van der Waals surface area contributed by atoms with Gasteiger partial charge >= 0.3 is 0 Å². The Morgan fingerprint density at radius 3 is 2.83 bits per heavy atom. The van der Waals surface area contributed by atoms with Crippen molar-refractivity contribution < 1.29 is 14.4 Å². The maximum atomic E-state index is 13.8. The quantitative estimate of drug-likeness (QED) is 0.775. The Bertz CT molecular complexity index is 901. The highest BCUT2D eigenvalue weighted by Crippen LogP contribution is 2.33. The summed E-state index contributed by atoms with van der Waals surface area (Å²) in [5, 5.41) is 4.78. The number of nitrogens with zero attached hydrogens (tertiary/aromatic N) is 3. The van der Waals surface area contributed by atoms with E-state index in [4.69, 9.17) is 0 Å². The summed E-state index contributed by atoms with van der Waals surface area (Å²) in [5.41, 5.74) is -0.313. The minimum atomic E-state index is -1.14. The lowest BCUT2D eigenvalue weighted by Gasteiger charge is -2.46. The van der Waals surface area contributed by atoms with Crippen LogP contribution in [0.15, 0.2) is 46.4 Å². The molecular weight excluding hydrogens is 388 g/mol. The first-order valence-electron chi connectivity index (χ1n) is 9.58. The summed E-state index contributed by atoms with van der Waals surface area (Å²) in [5.74, 6) is -0.377. The fourth-order valence-electron chi connectivity index (χ4n) is 3.72.